The molecule has 10 nitrogen and oxygen atoms in total. The number of ketones is 1. The molecule has 1 saturated heterocycles. The van der Waals surface area contributed by atoms with Crippen molar-refractivity contribution in [1.29, 1.82) is 0 Å². The summed E-state index contributed by atoms with van der Waals surface area (Å²) in [5, 5.41) is 2.90. The highest BCUT2D eigenvalue weighted by Crippen LogP contribution is 2.34. The van der Waals surface area contributed by atoms with E-state index in [0.717, 1.165) is 24.5 Å². The number of fused-ring (bicyclic) bond motifs is 1. The van der Waals surface area contributed by atoms with Crippen LogP contribution in [0, 0.1) is 0 Å². The number of nitrogens with zero attached hydrogens (tertiary/aromatic N) is 1. The van der Waals surface area contributed by atoms with Gasteiger partial charge in [-0.05, 0) is 25.0 Å². The van der Waals surface area contributed by atoms with Crippen LogP contribution in [0.2, 0.25) is 0 Å². The van der Waals surface area contributed by atoms with Gasteiger partial charge in [0.1, 0.15) is 11.4 Å². The maximum atomic E-state index is 12.8. The fraction of sp³-hybridized carbons (Fsp3) is 0.381. The van der Waals surface area contributed by atoms with E-state index < -0.39 is 63.9 Å². The van der Waals surface area contributed by atoms with Crippen LogP contribution in [0.4, 0.5) is 0 Å². The first-order valence-electron chi connectivity index (χ1n) is 9.67. The predicted molar refractivity (Wildman–Crippen MR) is 111 cm³/mol. The molecule has 2 aliphatic rings. The van der Waals surface area contributed by atoms with Gasteiger partial charge in [-0.1, -0.05) is 30.3 Å². The predicted octanol–water partition coefficient (Wildman–Crippen LogP) is -0.409. The van der Waals surface area contributed by atoms with E-state index in [9.17, 15) is 28.2 Å². The molecule has 0 aromatic heterocycles. The van der Waals surface area contributed by atoms with Gasteiger partial charge in [0.2, 0.25) is 11.8 Å². The molecule has 0 radical (unpaired) electrons. The standard InChI is InChI=1S/C21H22N2O8S/c1-11-10-32(29)19-15(22-14(25)9-13-7-5-4-6-8-13)18(26)23(19)16(11)20(27)31-17(12(2)24)21(28)30-3/h4-8,10,15-17,19H,9H2,1-3H3,(H,22,25). The largest absolute Gasteiger partial charge is 0.466 e. The molecule has 1 aromatic rings. The molecule has 5 unspecified atom stereocenters. The molecule has 1 N–H and O–H groups in total. The molecule has 1 aromatic carbocycles. The van der Waals surface area contributed by atoms with Crippen LogP contribution >= 0.6 is 0 Å². The zero-order chi connectivity index (χ0) is 23.6. The van der Waals surface area contributed by atoms with Crippen LogP contribution in [0.25, 0.3) is 0 Å². The number of esters is 2. The van der Waals surface area contributed by atoms with Crippen molar-refractivity contribution in [2.24, 2.45) is 0 Å². The van der Waals surface area contributed by atoms with Gasteiger partial charge in [-0.2, -0.15) is 0 Å². The quantitative estimate of drug-likeness (QED) is 0.328. The Kier molecular flexibility index (Phi) is 6.87. The first kappa shape index (κ1) is 23.3. The van der Waals surface area contributed by atoms with E-state index in [0.29, 0.717) is 0 Å². The molecule has 2 heterocycles. The maximum absolute atomic E-state index is 12.8. The summed E-state index contributed by atoms with van der Waals surface area (Å²) in [4.78, 5) is 62.4. The van der Waals surface area contributed by atoms with Crippen molar-refractivity contribution < 1.29 is 37.7 Å². The summed E-state index contributed by atoms with van der Waals surface area (Å²) in [6.07, 6.45) is -1.74. The third-order valence-corrected chi connectivity index (χ3v) is 6.67. The Morgan fingerprint density at radius 3 is 2.44 bits per heavy atom. The average Bonchev–Trinajstić information content (AvgIpc) is 2.75. The highest BCUT2D eigenvalue weighted by molar-refractivity contribution is 7.88. The number of carbonyl (C=O) groups is 5. The lowest BCUT2D eigenvalue weighted by Gasteiger charge is -2.51. The highest BCUT2D eigenvalue weighted by Gasteiger charge is 2.58. The van der Waals surface area contributed by atoms with Crippen LogP contribution in [-0.4, -0.2) is 69.3 Å². The Morgan fingerprint density at radius 1 is 1.19 bits per heavy atom. The van der Waals surface area contributed by atoms with Gasteiger partial charge < -0.3 is 19.7 Å². The summed E-state index contributed by atoms with van der Waals surface area (Å²) in [7, 11) is -0.639. The molecule has 5 atom stereocenters. The second-order valence-electron chi connectivity index (χ2n) is 7.39. The van der Waals surface area contributed by atoms with Crippen LogP contribution < -0.4 is 5.32 Å². The van der Waals surface area contributed by atoms with E-state index >= 15 is 0 Å². The lowest BCUT2D eigenvalue weighted by molar-refractivity contribution is -0.175. The van der Waals surface area contributed by atoms with Crippen molar-refractivity contribution >= 4 is 40.3 Å². The minimum atomic E-state index is -1.77. The molecule has 0 spiro atoms. The lowest BCUT2D eigenvalue weighted by Crippen LogP contribution is -2.76. The van der Waals surface area contributed by atoms with Gasteiger partial charge in [-0.25, -0.2) is 9.59 Å². The Morgan fingerprint density at radius 2 is 1.84 bits per heavy atom. The van der Waals surface area contributed by atoms with Crippen LogP contribution in [0.5, 0.6) is 0 Å². The number of hydrogen-bond acceptors (Lipinski definition) is 8. The number of Topliss-reactive ketones (excluding diaryl/α,β-unsaturated/α-hetero) is 1. The van der Waals surface area contributed by atoms with Gasteiger partial charge in [-0.15, -0.1) is 0 Å². The molecule has 1 fully saturated rings. The fourth-order valence-corrected chi connectivity index (χ4v) is 5.10. The molecule has 32 heavy (non-hydrogen) atoms. The van der Waals surface area contributed by atoms with Gasteiger partial charge in [0, 0.05) is 5.41 Å². The van der Waals surface area contributed by atoms with Gasteiger partial charge in [-0.3, -0.25) is 18.6 Å². The third kappa shape index (κ3) is 4.47. The van der Waals surface area contributed by atoms with Crippen molar-refractivity contribution in [1.82, 2.24) is 10.2 Å². The molecule has 2 aliphatic heterocycles. The van der Waals surface area contributed by atoms with E-state index in [1.807, 2.05) is 6.07 Å². The minimum absolute atomic E-state index is 0.0315. The van der Waals surface area contributed by atoms with Crippen molar-refractivity contribution in [3.05, 3.63) is 46.9 Å². The van der Waals surface area contributed by atoms with Gasteiger partial charge in [0.15, 0.2) is 11.8 Å². The van der Waals surface area contributed by atoms with E-state index in [1.165, 1.54) is 12.3 Å². The SMILES string of the molecule is COC(=O)C(OC(=O)C1C(C)=CS(=O)C2C(NC(=O)Cc3ccccc3)C(=O)N12)C(C)=O. The first-order chi connectivity index (χ1) is 15.1. The molecule has 0 aliphatic carbocycles. The molecule has 0 saturated carbocycles. The second-order valence-corrected chi connectivity index (χ2v) is 8.76. The number of benzene rings is 1. The van der Waals surface area contributed by atoms with E-state index in [-0.39, 0.29) is 12.0 Å². The summed E-state index contributed by atoms with van der Waals surface area (Å²) in [6, 6.07) is 6.54. The Bertz CT molecular complexity index is 1020. The Balaban J connectivity index is 1.75. The van der Waals surface area contributed by atoms with Crippen LogP contribution in [0.1, 0.15) is 19.4 Å². The molecular formula is C21H22N2O8S. The second kappa shape index (κ2) is 9.43. The molecular weight excluding hydrogens is 440 g/mol. The van der Waals surface area contributed by atoms with Crippen molar-refractivity contribution in [2.75, 3.05) is 7.11 Å². The van der Waals surface area contributed by atoms with Crippen LogP contribution in [-0.2, 0) is 50.7 Å². The smallest absolute Gasteiger partial charge is 0.355 e. The van der Waals surface area contributed by atoms with E-state index in [4.69, 9.17) is 4.74 Å². The molecule has 170 valence electrons. The number of nitrogens with one attached hydrogen (secondary N) is 1. The number of hydrogen-bond donors (Lipinski definition) is 1. The van der Waals surface area contributed by atoms with Crippen molar-refractivity contribution in [3.8, 4) is 0 Å². The zero-order valence-corrected chi connectivity index (χ0v) is 18.4. The average molecular weight is 462 g/mol. The number of rotatable bonds is 7. The highest BCUT2D eigenvalue weighted by atomic mass is 32.2. The maximum Gasteiger partial charge on any atom is 0.355 e. The Labute approximate surface area is 186 Å². The summed E-state index contributed by atoms with van der Waals surface area (Å²) in [6.45, 7) is 2.54. The number of β-lactam (4-membered cyclic amide) rings is 1. The van der Waals surface area contributed by atoms with Crippen molar-refractivity contribution in [2.45, 2.75) is 43.8 Å². The third-order valence-electron chi connectivity index (χ3n) is 5.10. The molecule has 0 bridgehead atoms. The zero-order valence-electron chi connectivity index (χ0n) is 17.6. The Hall–Kier alpha value is -3.34. The minimum Gasteiger partial charge on any atom is -0.466 e. The van der Waals surface area contributed by atoms with Crippen LogP contribution in [0.15, 0.2) is 41.3 Å². The number of ether oxygens (including phenoxy) is 2. The summed E-state index contributed by atoms with van der Waals surface area (Å²) >= 11 is 0. The lowest BCUT2D eigenvalue weighted by atomic mass is 9.98. The van der Waals surface area contributed by atoms with Gasteiger partial charge >= 0.3 is 11.9 Å². The fourth-order valence-electron chi connectivity index (χ4n) is 3.57. The topological polar surface area (TPSA) is 136 Å². The summed E-state index contributed by atoms with van der Waals surface area (Å²) in [5.74, 6) is -3.88. The normalized spacial score (nSPS) is 24.9. The van der Waals surface area contributed by atoms with E-state index in [1.54, 1.807) is 24.3 Å². The van der Waals surface area contributed by atoms with E-state index in [2.05, 4.69) is 10.1 Å². The molecule has 2 amide bonds. The van der Waals surface area contributed by atoms with Gasteiger partial charge in [0.25, 0.3) is 6.10 Å². The first-order valence-corrected chi connectivity index (χ1v) is 10.9. The number of amides is 2. The van der Waals surface area contributed by atoms with Crippen molar-refractivity contribution in [3.63, 3.8) is 0 Å². The number of carbonyl (C=O) groups excluding carboxylic acids is 5. The summed E-state index contributed by atoms with van der Waals surface area (Å²) < 4.78 is 22.1. The number of methoxy groups -OCH3 is 1. The monoisotopic (exact) mass is 462 g/mol. The van der Waals surface area contributed by atoms with Gasteiger partial charge in [0.05, 0.1) is 24.3 Å². The molecule has 3 rings (SSSR count). The van der Waals surface area contributed by atoms with Crippen LogP contribution in [0.3, 0.4) is 0 Å². The molecule has 11 heteroatoms. The summed E-state index contributed by atoms with van der Waals surface area (Å²) in [5.41, 5.74) is 1.01.